The van der Waals surface area contributed by atoms with Gasteiger partial charge in [0.25, 0.3) is 0 Å². The molecule has 2 heterocycles. The number of benzene rings is 2. The van der Waals surface area contributed by atoms with Gasteiger partial charge < -0.3 is 19.6 Å². The zero-order chi connectivity index (χ0) is 16.5. The van der Waals surface area contributed by atoms with Crippen LogP contribution < -0.4 is 10.1 Å². The van der Waals surface area contributed by atoms with Gasteiger partial charge in [0.1, 0.15) is 12.3 Å². The predicted octanol–water partition coefficient (Wildman–Crippen LogP) is 3.77. The van der Waals surface area contributed by atoms with Crippen molar-refractivity contribution in [1.82, 2.24) is 9.55 Å². The zero-order valence-electron chi connectivity index (χ0n) is 13.2. The van der Waals surface area contributed by atoms with E-state index in [4.69, 9.17) is 4.74 Å². The summed E-state index contributed by atoms with van der Waals surface area (Å²) in [6.07, 6.45) is 3.79. The number of rotatable bonds is 4. The van der Waals surface area contributed by atoms with Crippen molar-refractivity contribution in [2.24, 2.45) is 0 Å². The Kier molecular flexibility index (Phi) is 3.46. The smallest absolute Gasteiger partial charge is 0.244 e. The Morgan fingerprint density at radius 3 is 3.00 bits per heavy atom. The van der Waals surface area contributed by atoms with Gasteiger partial charge in [-0.3, -0.25) is 4.79 Å². The van der Waals surface area contributed by atoms with E-state index in [9.17, 15) is 4.79 Å². The minimum Gasteiger partial charge on any atom is -0.497 e. The number of carbonyl (C=O) groups excluding carboxylic acids is 1. The number of ether oxygens (including phenoxy) is 1. The average molecular weight is 319 g/mol. The topological polar surface area (TPSA) is 59.0 Å². The highest BCUT2D eigenvalue weighted by Crippen LogP contribution is 2.23. The van der Waals surface area contributed by atoms with Gasteiger partial charge >= 0.3 is 0 Å². The van der Waals surface area contributed by atoms with E-state index in [1.807, 2.05) is 65.5 Å². The first-order valence-corrected chi connectivity index (χ1v) is 7.73. The zero-order valence-corrected chi connectivity index (χ0v) is 13.2. The number of nitrogens with zero attached hydrogens (tertiary/aromatic N) is 1. The van der Waals surface area contributed by atoms with Crippen LogP contribution in [-0.2, 0) is 11.3 Å². The molecule has 4 aromatic rings. The average Bonchev–Trinajstić information content (AvgIpc) is 3.22. The standard InChI is InChI=1S/C19H17N3O2/c1-24-14-5-6-18-13(11-14)8-10-22(18)12-19(23)21-17-4-2-3-16-15(17)7-9-20-16/h2-11,20H,12H2,1H3,(H,21,23). The number of aromatic nitrogens is 2. The Balaban J connectivity index is 1.57. The number of hydrogen-bond acceptors (Lipinski definition) is 2. The number of nitrogens with one attached hydrogen (secondary N) is 2. The molecule has 0 saturated carbocycles. The predicted molar refractivity (Wildman–Crippen MR) is 95.4 cm³/mol. The van der Waals surface area contributed by atoms with Crippen LogP contribution in [0.25, 0.3) is 21.8 Å². The number of fused-ring (bicyclic) bond motifs is 2. The second-order valence-electron chi connectivity index (χ2n) is 5.66. The van der Waals surface area contributed by atoms with Crippen molar-refractivity contribution in [1.29, 1.82) is 0 Å². The maximum Gasteiger partial charge on any atom is 0.244 e. The third-order valence-corrected chi connectivity index (χ3v) is 4.16. The minimum atomic E-state index is -0.0583. The first-order valence-electron chi connectivity index (χ1n) is 7.73. The molecule has 2 aromatic carbocycles. The van der Waals surface area contributed by atoms with Gasteiger partial charge in [-0.15, -0.1) is 0 Å². The quantitative estimate of drug-likeness (QED) is 0.601. The molecule has 2 aromatic heterocycles. The highest BCUT2D eigenvalue weighted by molar-refractivity contribution is 6.01. The highest BCUT2D eigenvalue weighted by atomic mass is 16.5. The molecule has 0 bridgehead atoms. The largest absolute Gasteiger partial charge is 0.497 e. The van der Waals surface area contributed by atoms with Crippen LogP contribution in [0.4, 0.5) is 5.69 Å². The Labute approximate surface area is 138 Å². The molecule has 5 nitrogen and oxygen atoms in total. The van der Waals surface area contributed by atoms with Crippen LogP contribution in [0.5, 0.6) is 5.75 Å². The minimum absolute atomic E-state index is 0.0583. The van der Waals surface area contributed by atoms with E-state index in [0.717, 1.165) is 33.2 Å². The molecule has 120 valence electrons. The molecule has 0 aliphatic carbocycles. The normalized spacial score (nSPS) is 11.0. The fourth-order valence-corrected chi connectivity index (χ4v) is 2.98. The fourth-order valence-electron chi connectivity index (χ4n) is 2.98. The number of aromatic amines is 1. The summed E-state index contributed by atoms with van der Waals surface area (Å²) in [6.45, 7) is 0.261. The molecule has 0 aliphatic heterocycles. The van der Waals surface area contributed by atoms with Crippen molar-refractivity contribution in [2.75, 3.05) is 12.4 Å². The first kappa shape index (κ1) is 14.4. The number of methoxy groups -OCH3 is 1. The third-order valence-electron chi connectivity index (χ3n) is 4.16. The lowest BCUT2D eigenvalue weighted by Crippen LogP contribution is -2.18. The van der Waals surface area contributed by atoms with Crippen molar-refractivity contribution in [3.63, 3.8) is 0 Å². The van der Waals surface area contributed by atoms with Crippen molar-refractivity contribution < 1.29 is 9.53 Å². The van der Waals surface area contributed by atoms with Gasteiger partial charge in [0.15, 0.2) is 0 Å². The molecule has 2 N–H and O–H groups in total. The molecule has 0 atom stereocenters. The first-order chi connectivity index (χ1) is 11.7. The molecule has 24 heavy (non-hydrogen) atoms. The lowest BCUT2D eigenvalue weighted by atomic mass is 10.2. The van der Waals surface area contributed by atoms with E-state index in [-0.39, 0.29) is 12.5 Å². The second-order valence-corrected chi connectivity index (χ2v) is 5.66. The van der Waals surface area contributed by atoms with Crippen molar-refractivity contribution in [3.05, 3.63) is 60.9 Å². The summed E-state index contributed by atoms with van der Waals surface area (Å²) >= 11 is 0. The monoisotopic (exact) mass is 319 g/mol. The van der Waals surface area contributed by atoms with Gasteiger partial charge in [-0.25, -0.2) is 0 Å². The fraction of sp³-hybridized carbons (Fsp3) is 0.105. The molecule has 0 aliphatic rings. The molecular weight excluding hydrogens is 302 g/mol. The molecular formula is C19H17N3O2. The van der Waals surface area contributed by atoms with Crippen molar-refractivity contribution >= 4 is 33.4 Å². The van der Waals surface area contributed by atoms with E-state index in [1.165, 1.54) is 0 Å². The van der Waals surface area contributed by atoms with E-state index in [1.54, 1.807) is 7.11 Å². The van der Waals surface area contributed by atoms with Gasteiger partial charge in [0.2, 0.25) is 5.91 Å². The Hall–Kier alpha value is -3.21. The summed E-state index contributed by atoms with van der Waals surface area (Å²) in [5, 5.41) is 5.05. The molecule has 0 fully saturated rings. The lowest BCUT2D eigenvalue weighted by molar-refractivity contribution is -0.116. The highest BCUT2D eigenvalue weighted by Gasteiger charge is 2.09. The summed E-state index contributed by atoms with van der Waals surface area (Å²) in [5.74, 6) is 0.751. The Morgan fingerprint density at radius 1 is 1.21 bits per heavy atom. The number of carbonyl (C=O) groups is 1. The molecule has 5 heteroatoms. The summed E-state index contributed by atoms with van der Waals surface area (Å²) in [4.78, 5) is 15.6. The van der Waals surface area contributed by atoms with Gasteiger partial charge in [-0.2, -0.15) is 0 Å². The number of amides is 1. The molecule has 1 amide bonds. The Bertz CT molecular complexity index is 1030. The van der Waals surface area contributed by atoms with Crippen LogP contribution in [0.15, 0.2) is 60.9 Å². The summed E-state index contributed by atoms with van der Waals surface area (Å²) in [5.41, 5.74) is 2.83. The number of hydrogen-bond donors (Lipinski definition) is 2. The lowest BCUT2D eigenvalue weighted by Gasteiger charge is -2.09. The summed E-state index contributed by atoms with van der Waals surface area (Å²) in [7, 11) is 1.65. The van der Waals surface area contributed by atoms with Crippen LogP contribution in [-0.4, -0.2) is 22.6 Å². The van der Waals surface area contributed by atoms with Crippen LogP contribution in [0, 0.1) is 0 Å². The summed E-state index contributed by atoms with van der Waals surface area (Å²) in [6, 6.07) is 15.6. The van der Waals surface area contributed by atoms with E-state index >= 15 is 0 Å². The number of H-pyrrole nitrogens is 1. The van der Waals surface area contributed by atoms with Crippen LogP contribution in [0.3, 0.4) is 0 Å². The molecule has 0 unspecified atom stereocenters. The van der Waals surface area contributed by atoms with Crippen molar-refractivity contribution in [3.8, 4) is 5.75 Å². The molecule has 0 spiro atoms. The molecule has 0 radical (unpaired) electrons. The second kappa shape index (κ2) is 5.77. The van der Waals surface area contributed by atoms with Crippen LogP contribution in [0.1, 0.15) is 0 Å². The third kappa shape index (κ3) is 2.50. The maximum atomic E-state index is 12.4. The van der Waals surface area contributed by atoms with Gasteiger partial charge in [0, 0.05) is 34.2 Å². The van der Waals surface area contributed by atoms with E-state index < -0.39 is 0 Å². The van der Waals surface area contributed by atoms with Crippen molar-refractivity contribution in [2.45, 2.75) is 6.54 Å². The van der Waals surface area contributed by atoms with E-state index in [2.05, 4.69) is 10.3 Å². The molecule has 4 rings (SSSR count). The van der Waals surface area contributed by atoms with E-state index in [0.29, 0.717) is 0 Å². The van der Waals surface area contributed by atoms with Gasteiger partial charge in [-0.1, -0.05) is 6.07 Å². The van der Waals surface area contributed by atoms with Gasteiger partial charge in [-0.05, 0) is 42.5 Å². The molecule has 0 saturated heterocycles. The van der Waals surface area contributed by atoms with Crippen LogP contribution in [0.2, 0.25) is 0 Å². The van der Waals surface area contributed by atoms with Gasteiger partial charge in [0.05, 0.1) is 12.8 Å². The maximum absolute atomic E-state index is 12.4. The van der Waals surface area contributed by atoms with Crippen LogP contribution >= 0.6 is 0 Å². The SMILES string of the molecule is COc1ccc2c(ccn2CC(=O)Nc2cccc3[nH]ccc23)c1. The Morgan fingerprint density at radius 2 is 2.12 bits per heavy atom. The summed E-state index contributed by atoms with van der Waals surface area (Å²) < 4.78 is 7.17. The number of anilines is 1.